The van der Waals surface area contributed by atoms with E-state index in [0.29, 0.717) is 0 Å². The zero-order chi connectivity index (χ0) is 18.9. The van der Waals surface area contributed by atoms with Crippen LogP contribution < -0.4 is 15.7 Å². The molecule has 2 aliphatic rings. The van der Waals surface area contributed by atoms with Crippen molar-refractivity contribution < 1.29 is 9.76 Å². The molecule has 0 spiro atoms. The summed E-state index contributed by atoms with van der Waals surface area (Å²) in [5.41, 5.74) is 9.35. The first kappa shape index (κ1) is 16.3. The van der Waals surface area contributed by atoms with Gasteiger partial charge in [-0.2, -0.15) is 0 Å². The highest BCUT2D eigenvalue weighted by atomic mass is 16.4. The van der Waals surface area contributed by atoms with Gasteiger partial charge < -0.3 is 13.6 Å². The Bertz CT molecular complexity index is 1210. The molecular weight excluding hydrogens is 337 g/mol. The van der Waals surface area contributed by atoms with Gasteiger partial charge in [-0.25, -0.2) is 0 Å². The van der Waals surface area contributed by atoms with Gasteiger partial charge in [0, 0.05) is 41.5 Å². The number of aryl methyl sites for hydroxylation is 4. The summed E-state index contributed by atoms with van der Waals surface area (Å²) in [5.74, 6) is 0. The quantitative estimate of drug-likeness (QED) is 0.644. The fourth-order valence-corrected chi connectivity index (χ4v) is 4.55. The lowest BCUT2D eigenvalue weighted by Gasteiger charge is -2.30. The summed E-state index contributed by atoms with van der Waals surface area (Å²) in [6, 6.07) is 10.8. The molecular formula is C20H21BN5O+. The van der Waals surface area contributed by atoms with Gasteiger partial charge in [-0.15, -0.1) is 5.10 Å². The number of hydrogen-bond donors (Lipinski definition) is 1. The van der Waals surface area contributed by atoms with Crippen LogP contribution in [0.15, 0.2) is 40.7 Å². The molecule has 3 aromatic rings. The van der Waals surface area contributed by atoms with E-state index < -0.39 is 0 Å². The third-order valence-electron chi connectivity index (χ3n) is 5.58. The summed E-state index contributed by atoms with van der Waals surface area (Å²) in [6.07, 6.45) is 0. The topological polar surface area (TPSA) is 57.8 Å². The van der Waals surface area contributed by atoms with Crippen LogP contribution >= 0.6 is 0 Å². The molecule has 0 amide bonds. The molecule has 0 radical (unpaired) electrons. The van der Waals surface area contributed by atoms with Crippen molar-refractivity contribution in [2.45, 2.75) is 27.7 Å². The Kier molecular flexibility index (Phi) is 3.33. The standard InChI is InChI=1S/C20H20BN5O/c1-11-8-13(3)25-19(11)18(15-6-7-16-17(10-15)23-24-22-16)20-12(2)9-14(4)26(20)21(25)27-5/h6-10H,1-5H3/p+1. The van der Waals surface area contributed by atoms with Gasteiger partial charge in [0.1, 0.15) is 5.22 Å². The van der Waals surface area contributed by atoms with E-state index in [1.807, 2.05) is 6.07 Å². The van der Waals surface area contributed by atoms with Crippen LogP contribution in [-0.2, 0) is 4.65 Å². The fourth-order valence-electron chi connectivity index (χ4n) is 4.55. The van der Waals surface area contributed by atoms with Crippen LogP contribution in [0.1, 0.15) is 33.9 Å². The van der Waals surface area contributed by atoms with Crippen LogP contribution in [0, 0.1) is 27.7 Å². The summed E-state index contributed by atoms with van der Waals surface area (Å²) >= 11 is 0. The molecule has 5 rings (SSSR count). The van der Waals surface area contributed by atoms with Crippen LogP contribution in [0.25, 0.3) is 5.57 Å². The molecule has 0 saturated carbocycles. The number of nitrogens with one attached hydrogen (secondary N) is 1. The second kappa shape index (κ2) is 5.53. The largest absolute Gasteiger partial charge is 0.557 e. The number of rotatable bonds is 1. The molecule has 0 atom stereocenters. The molecule has 0 unspecified atom stereocenters. The molecule has 2 aromatic heterocycles. The molecule has 1 aromatic carbocycles. The van der Waals surface area contributed by atoms with Crippen LogP contribution in [-0.4, -0.2) is 23.3 Å². The molecule has 0 aliphatic carbocycles. The third-order valence-corrected chi connectivity index (χ3v) is 5.58. The monoisotopic (exact) mass is 358 g/mol. The Balaban J connectivity index is 1.98. The highest BCUT2D eigenvalue weighted by Gasteiger charge is 2.38. The van der Waals surface area contributed by atoms with Crippen LogP contribution in [0.3, 0.4) is 0 Å². The Morgan fingerprint density at radius 2 is 1.56 bits per heavy atom. The fraction of sp³-hybridized carbons (Fsp3) is 0.250. The van der Waals surface area contributed by atoms with Crippen LogP contribution in [0.4, 0.5) is 5.69 Å². The molecule has 6 nitrogen and oxygen atoms in total. The van der Waals surface area contributed by atoms with Crippen LogP contribution in [0.2, 0.25) is 0 Å². The zero-order valence-corrected chi connectivity index (χ0v) is 16.2. The smallest absolute Gasteiger partial charge is 0.400 e. The Morgan fingerprint density at radius 1 is 0.926 bits per heavy atom. The third kappa shape index (κ3) is 2.09. The van der Waals surface area contributed by atoms with Crippen molar-refractivity contribution in [1.29, 1.82) is 0 Å². The van der Waals surface area contributed by atoms with Crippen molar-refractivity contribution in [2.24, 2.45) is 10.3 Å². The van der Waals surface area contributed by atoms with Crippen molar-refractivity contribution >= 4 is 18.4 Å². The second-order valence-corrected chi connectivity index (χ2v) is 7.36. The Morgan fingerprint density at radius 3 is 2.15 bits per heavy atom. The number of nitrogens with zero attached hydrogens (tertiary/aromatic N) is 4. The summed E-state index contributed by atoms with van der Waals surface area (Å²) in [7, 11) is 1.59. The predicted octanol–water partition coefficient (Wildman–Crippen LogP) is 0.824. The first-order valence-corrected chi connectivity index (χ1v) is 9.09. The minimum Gasteiger partial charge on any atom is -0.400 e. The number of fused-ring (bicyclic) bond motifs is 3. The molecule has 1 N–H and O–H groups in total. The highest BCUT2D eigenvalue weighted by Crippen LogP contribution is 2.36. The SMILES string of the molecule is COB1n2c(C)cc(C)c2C(=c2ccc3c(c2)N=N[NH+]=3)c2c(C)cc(C)n21. The predicted molar refractivity (Wildman–Crippen MR) is 103 cm³/mol. The van der Waals surface area contributed by atoms with E-state index in [4.69, 9.17) is 4.65 Å². The van der Waals surface area contributed by atoms with E-state index in [-0.39, 0.29) is 7.19 Å². The van der Waals surface area contributed by atoms with E-state index in [0.717, 1.165) is 16.3 Å². The van der Waals surface area contributed by atoms with Gasteiger partial charge in [-0.3, -0.25) is 0 Å². The van der Waals surface area contributed by atoms with Gasteiger partial charge in [0.15, 0.2) is 0 Å². The molecule has 0 bridgehead atoms. The van der Waals surface area contributed by atoms with Gasteiger partial charge in [-0.05, 0) is 68.3 Å². The molecule has 0 fully saturated rings. The minimum absolute atomic E-state index is 0.183. The Labute approximate surface area is 157 Å². The van der Waals surface area contributed by atoms with Gasteiger partial charge in [0.25, 0.3) is 5.69 Å². The summed E-state index contributed by atoms with van der Waals surface area (Å²) in [4.78, 5) is 0. The lowest BCUT2D eigenvalue weighted by molar-refractivity contribution is -0.507. The summed E-state index contributed by atoms with van der Waals surface area (Å²) in [6.45, 7) is 8.61. The normalized spacial score (nSPS) is 14.3. The lowest BCUT2D eigenvalue weighted by atomic mass is 9.87. The van der Waals surface area contributed by atoms with E-state index >= 15 is 0 Å². The molecule has 27 heavy (non-hydrogen) atoms. The summed E-state index contributed by atoms with van der Waals surface area (Å²) < 4.78 is 10.5. The van der Waals surface area contributed by atoms with Crippen molar-refractivity contribution in [3.05, 3.63) is 74.8 Å². The van der Waals surface area contributed by atoms with E-state index in [9.17, 15) is 0 Å². The highest BCUT2D eigenvalue weighted by molar-refractivity contribution is 6.50. The molecule has 7 heteroatoms. The maximum atomic E-state index is 5.96. The number of hydrogen-bond acceptors (Lipinski definition) is 3. The second-order valence-electron chi connectivity index (χ2n) is 7.36. The Hall–Kier alpha value is -2.93. The van der Waals surface area contributed by atoms with Gasteiger partial charge >= 0.3 is 7.19 Å². The van der Waals surface area contributed by atoms with E-state index in [2.05, 4.69) is 76.4 Å². The average Bonchev–Trinajstić information content (AvgIpc) is 3.31. The molecule has 2 aliphatic heterocycles. The molecule has 134 valence electrons. The maximum Gasteiger partial charge on any atom is 0.557 e. The minimum atomic E-state index is -0.183. The van der Waals surface area contributed by atoms with Crippen molar-refractivity contribution in [1.82, 2.24) is 8.96 Å². The first-order valence-electron chi connectivity index (χ1n) is 9.09. The lowest BCUT2D eigenvalue weighted by Crippen LogP contribution is -2.67. The maximum absolute atomic E-state index is 5.96. The van der Waals surface area contributed by atoms with Gasteiger partial charge in [-0.1, -0.05) is 0 Å². The molecule has 0 saturated heterocycles. The van der Waals surface area contributed by atoms with Crippen molar-refractivity contribution in [2.75, 3.05) is 7.11 Å². The average molecular weight is 358 g/mol. The zero-order valence-electron chi connectivity index (χ0n) is 16.2. The van der Waals surface area contributed by atoms with E-state index in [1.54, 1.807) is 7.11 Å². The number of aromatic nitrogens is 2. The van der Waals surface area contributed by atoms with Crippen molar-refractivity contribution in [3.8, 4) is 0 Å². The van der Waals surface area contributed by atoms with Crippen molar-refractivity contribution in [3.63, 3.8) is 0 Å². The van der Waals surface area contributed by atoms with Gasteiger partial charge in [0.05, 0.1) is 5.11 Å². The van der Waals surface area contributed by atoms with Crippen LogP contribution in [0.5, 0.6) is 0 Å². The summed E-state index contributed by atoms with van der Waals surface area (Å²) in [5, 5.41) is 13.2. The van der Waals surface area contributed by atoms with E-state index in [1.165, 1.54) is 39.5 Å². The first-order chi connectivity index (χ1) is 13.0. The number of benzene rings is 1. The molecule has 4 heterocycles. The van der Waals surface area contributed by atoms with Gasteiger partial charge in [0.2, 0.25) is 5.36 Å².